The Hall–Kier alpha value is -1.84. The second-order valence-corrected chi connectivity index (χ2v) is 5.32. The molecule has 4 heteroatoms. The van der Waals surface area contributed by atoms with Gasteiger partial charge in [0.25, 0.3) is 0 Å². The number of aryl methyl sites for hydroxylation is 1. The first-order chi connectivity index (χ1) is 9.22. The molecule has 3 rings (SSSR count). The highest BCUT2D eigenvalue weighted by atomic mass is 16.2. The number of piperidine rings is 1. The molecule has 0 radical (unpaired) electrons. The Balaban J connectivity index is 1.75. The Morgan fingerprint density at radius 3 is 2.89 bits per heavy atom. The van der Waals surface area contributed by atoms with Crippen molar-refractivity contribution in [3.05, 3.63) is 35.8 Å². The summed E-state index contributed by atoms with van der Waals surface area (Å²) in [5.74, 6) is 0.208. The maximum atomic E-state index is 12.2. The summed E-state index contributed by atoms with van der Waals surface area (Å²) in [6.45, 7) is 3.86. The molecule has 1 aliphatic rings. The molecule has 0 N–H and O–H groups in total. The van der Waals surface area contributed by atoms with Crippen molar-refractivity contribution in [3.8, 4) is 0 Å². The van der Waals surface area contributed by atoms with Crippen LogP contribution in [0.15, 0.2) is 24.5 Å². The molecule has 1 saturated heterocycles. The van der Waals surface area contributed by atoms with Gasteiger partial charge in [-0.2, -0.15) is 0 Å². The molecular formula is C15H19N3O. The van der Waals surface area contributed by atoms with Crippen LogP contribution in [-0.2, 0) is 11.2 Å². The Bertz CT molecular complexity index is 596. The van der Waals surface area contributed by atoms with Crippen molar-refractivity contribution in [2.75, 3.05) is 13.1 Å². The van der Waals surface area contributed by atoms with Crippen molar-refractivity contribution in [1.29, 1.82) is 0 Å². The first-order valence-electron chi connectivity index (χ1n) is 6.94. The second kappa shape index (κ2) is 5.03. The van der Waals surface area contributed by atoms with Crippen LogP contribution in [0.4, 0.5) is 0 Å². The van der Waals surface area contributed by atoms with Gasteiger partial charge in [0.2, 0.25) is 5.91 Å². The highest BCUT2D eigenvalue weighted by molar-refractivity contribution is 5.78. The van der Waals surface area contributed by atoms with E-state index in [1.54, 1.807) is 0 Å². The summed E-state index contributed by atoms with van der Waals surface area (Å²) in [6.07, 6.45) is 7.88. The summed E-state index contributed by atoms with van der Waals surface area (Å²) in [7, 11) is 0. The van der Waals surface area contributed by atoms with Gasteiger partial charge in [-0.05, 0) is 43.9 Å². The molecule has 100 valence electrons. The molecule has 0 atom stereocenters. The van der Waals surface area contributed by atoms with E-state index in [2.05, 4.69) is 4.98 Å². The van der Waals surface area contributed by atoms with Gasteiger partial charge in [0.1, 0.15) is 5.65 Å². The van der Waals surface area contributed by atoms with Crippen LogP contribution in [0.3, 0.4) is 0 Å². The van der Waals surface area contributed by atoms with Crippen molar-refractivity contribution in [2.45, 2.75) is 32.6 Å². The fraction of sp³-hybridized carbons (Fsp3) is 0.467. The number of imidazole rings is 1. The first kappa shape index (κ1) is 12.2. The van der Waals surface area contributed by atoms with Crippen molar-refractivity contribution in [2.24, 2.45) is 0 Å². The van der Waals surface area contributed by atoms with Crippen LogP contribution in [0.25, 0.3) is 5.65 Å². The van der Waals surface area contributed by atoms with Gasteiger partial charge < -0.3 is 9.30 Å². The van der Waals surface area contributed by atoms with Crippen molar-refractivity contribution in [1.82, 2.24) is 14.3 Å². The van der Waals surface area contributed by atoms with Crippen molar-refractivity contribution >= 4 is 11.6 Å². The van der Waals surface area contributed by atoms with Crippen molar-refractivity contribution in [3.63, 3.8) is 0 Å². The van der Waals surface area contributed by atoms with Crippen LogP contribution in [0.1, 0.15) is 30.5 Å². The second-order valence-electron chi connectivity index (χ2n) is 5.32. The Morgan fingerprint density at radius 2 is 2.11 bits per heavy atom. The highest BCUT2D eigenvalue weighted by Gasteiger charge is 2.17. The molecule has 19 heavy (non-hydrogen) atoms. The number of pyridine rings is 1. The number of hydrogen-bond acceptors (Lipinski definition) is 2. The number of rotatable bonds is 2. The van der Waals surface area contributed by atoms with Gasteiger partial charge in [0.15, 0.2) is 0 Å². The van der Waals surface area contributed by atoms with Gasteiger partial charge in [-0.15, -0.1) is 0 Å². The van der Waals surface area contributed by atoms with E-state index in [4.69, 9.17) is 0 Å². The zero-order chi connectivity index (χ0) is 13.2. The minimum absolute atomic E-state index is 0.208. The molecule has 3 heterocycles. The minimum Gasteiger partial charge on any atom is -0.342 e. The topological polar surface area (TPSA) is 37.6 Å². The highest BCUT2D eigenvalue weighted by Crippen LogP contribution is 2.12. The van der Waals surface area contributed by atoms with Crippen LogP contribution >= 0.6 is 0 Å². The third kappa shape index (κ3) is 2.62. The van der Waals surface area contributed by atoms with Gasteiger partial charge in [-0.25, -0.2) is 4.98 Å². The van der Waals surface area contributed by atoms with Gasteiger partial charge in [-0.1, -0.05) is 0 Å². The maximum absolute atomic E-state index is 12.2. The molecule has 2 aromatic rings. The van der Waals surface area contributed by atoms with Gasteiger partial charge in [0.05, 0.1) is 12.1 Å². The van der Waals surface area contributed by atoms with E-state index in [1.807, 2.05) is 40.8 Å². The standard InChI is InChI=1S/C15H19N3O/c1-12-5-8-18-11-13(16-14(18)9-12)10-15(19)17-6-3-2-4-7-17/h5,8-9,11H,2-4,6-7,10H2,1H3. The fourth-order valence-electron chi connectivity index (χ4n) is 2.63. The molecule has 0 spiro atoms. The lowest BCUT2D eigenvalue weighted by atomic mass is 10.1. The smallest absolute Gasteiger partial charge is 0.228 e. The molecular weight excluding hydrogens is 238 g/mol. The average molecular weight is 257 g/mol. The molecule has 2 aromatic heterocycles. The normalized spacial score (nSPS) is 15.9. The number of likely N-dealkylation sites (tertiary alicyclic amines) is 1. The number of hydrogen-bond donors (Lipinski definition) is 0. The zero-order valence-corrected chi connectivity index (χ0v) is 11.3. The predicted molar refractivity (Wildman–Crippen MR) is 74.1 cm³/mol. The number of nitrogens with zero attached hydrogens (tertiary/aromatic N) is 3. The van der Waals surface area contributed by atoms with Crippen LogP contribution in [0.5, 0.6) is 0 Å². The number of amides is 1. The molecule has 0 unspecified atom stereocenters. The van der Waals surface area contributed by atoms with E-state index in [-0.39, 0.29) is 5.91 Å². The number of fused-ring (bicyclic) bond motifs is 1. The molecule has 1 amide bonds. The van der Waals surface area contributed by atoms with E-state index < -0.39 is 0 Å². The molecule has 0 aliphatic carbocycles. The van der Waals surface area contributed by atoms with E-state index >= 15 is 0 Å². The Kier molecular flexibility index (Phi) is 3.23. The zero-order valence-electron chi connectivity index (χ0n) is 11.3. The summed E-state index contributed by atoms with van der Waals surface area (Å²) < 4.78 is 1.98. The lowest BCUT2D eigenvalue weighted by molar-refractivity contribution is -0.131. The third-order valence-electron chi connectivity index (χ3n) is 3.71. The Labute approximate surface area is 113 Å². The lowest BCUT2D eigenvalue weighted by Gasteiger charge is -2.26. The van der Waals surface area contributed by atoms with Crippen LogP contribution < -0.4 is 0 Å². The summed E-state index contributed by atoms with van der Waals surface area (Å²) in [6, 6.07) is 4.08. The molecule has 1 fully saturated rings. The molecule has 4 nitrogen and oxygen atoms in total. The van der Waals surface area contributed by atoms with Gasteiger partial charge in [-0.3, -0.25) is 4.79 Å². The summed E-state index contributed by atoms with van der Waals surface area (Å²) in [5, 5.41) is 0. The number of carbonyl (C=O) groups is 1. The molecule has 1 aliphatic heterocycles. The summed E-state index contributed by atoms with van der Waals surface area (Å²) in [4.78, 5) is 18.7. The maximum Gasteiger partial charge on any atom is 0.228 e. The predicted octanol–water partition coefficient (Wildman–Crippen LogP) is 2.20. The SMILES string of the molecule is Cc1ccn2cc(CC(=O)N3CCCCC3)nc2c1. The quantitative estimate of drug-likeness (QED) is 0.827. The Morgan fingerprint density at radius 1 is 1.32 bits per heavy atom. The van der Waals surface area contributed by atoms with Gasteiger partial charge >= 0.3 is 0 Å². The van der Waals surface area contributed by atoms with Crippen molar-refractivity contribution < 1.29 is 4.79 Å². The minimum atomic E-state index is 0.208. The average Bonchev–Trinajstić information content (AvgIpc) is 2.81. The summed E-state index contributed by atoms with van der Waals surface area (Å²) in [5.41, 5.74) is 2.97. The molecule has 0 saturated carbocycles. The van der Waals surface area contributed by atoms with E-state index in [0.29, 0.717) is 6.42 Å². The van der Waals surface area contributed by atoms with Gasteiger partial charge in [0, 0.05) is 25.5 Å². The fourth-order valence-corrected chi connectivity index (χ4v) is 2.63. The molecule has 0 aromatic carbocycles. The van der Waals surface area contributed by atoms with Crippen LogP contribution in [0.2, 0.25) is 0 Å². The van der Waals surface area contributed by atoms with Crippen LogP contribution in [-0.4, -0.2) is 33.3 Å². The first-order valence-corrected chi connectivity index (χ1v) is 6.94. The largest absolute Gasteiger partial charge is 0.342 e. The van der Waals surface area contributed by atoms with E-state index in [1.165, 1.54) is 12.0 Å². The van der Waals surface area contributed by atoms with E-state index in [9.17, 15) is 4.79 Å². The summed E-state index contributed by atoms with van der Waals surface area (Å²) >= 11 is 0. The monoisotopic (exact) mass is 257 g/mol. The third-order valence-corrected chi connectivity index (χ3v) is 3.71. The van der Waals surface area contributed by atoms with E-state index in [0.717, 1.165) is 37.3 Å². The molecule has 0 bridgehead atoms. The lowest BCUT2D eigenvalue weighted by Crippen LogP contribution is -2.36. The number of aromatic nitrogens is 2. The van der Waals surface area contributed by atoms with Crippen LogP contribution in [0, 0.1) is 6.92 Å². The number of carbonyl (C=O) groups excluding carboxylic acids is 1.